The lowest BCUT2D eigenvalue weighted by molar-refractivity contribution is -0.114. The van der Waals surface area contributed by atoms with Gasteiger partial charge in [-0.1, -0.05) is 19.4 Å². The molecule has 0 bridgehead atoms. The number of carbonyl (C=O) groups excluding carboxylic acids is 1. The zero-order valence-electron chi connectivity index (χ0n) is 7.89. The monoisotopic (exact) mass is 164 g/mol. The van der Waals surface area contributed by atoms with Crippen molar-refractivity contribution in [2.45, 2.75) is 39.5 Å². The van der Waals surface area contributed by atoms with E-state index in [1.54, 1.807) is 6.08 Å². The molecule has 0 fully saturated rings. The predicted octanol–water partition coefficient (Wildman–Crippen LogP) is 3.02. The van der Waals surface area contributed by atoms with Crippen LogP contribution in [0.5, 0.6) is 0 Å². The first-order chi connectivity index (χ1) is 5.74. The van der Waals surface area contributed by atoms with Crippen molar-refractivity contribution < 1.29 is 4.79 Å². The minimum absolute atomic E-state index is 0.279. The minimum atomic E-state index is 0.279. The molecule has 0 spiro atoms. The van der Waals surface area contributed by atoms with E-state index >= 15 is 0 Å². The van der Waals surface area contributed by atoms with E-state index in [1.165, 1.54) is 17.6 Å². The normalized spacial score (nSPS) is 21.3. The van der Waals surface area contributed by atoms with E-state index in [2.05, 4.69) is 13.0 Å². The van der Waals surface area contributed by atoms with Crippen LogP contribution < -0.4 is 0 Å². The average molecular weight is 164 g/mol. The van der Waals surface area contributed by atoms with Gasteiger partial charge in [0.15, 0.2) is 5.78 Å². The van der Waals surface area contributed by atoms with Gasteiger partial charge in [-0.25, -0.2) is 0 Å². The van der Waals surface area contributed by atoms with Crippen LogP contribution >= 0.6 is 0 Å². The molecular weight excluding hydrogens is 148 g/mol. The molecule has 0 aromatic rings. The Labute approximate surface area is 74.2 Å². The van der Waals surface area contributed by atoms with Crippen LogP contribution in [0.2, 0.25) is 0 Å². The molecule has 1 aliphatic rings. The first kappa shape index (κ1) is 9.24. The molecule has 0 saturated carbocycles. The first-order valence-electron chi connectivity index (χ1n) is 4.64. The maximum atomic E-state index is 11.0. The number of rotatable bonds is 2. The second-order valence-corrected chi connectivity index (χ2v) is 3.31. The van der Waals surface area contributed by atoms with Crippen molar-refractivity contribution in [2.75, 3.05) is 0 Å². The van der Waals surface area contributed by atoms with Crippen molar-refractivity contribution in [2.24, 2.45) is 0 Å². The lowest BCUT2D eigenvalue weighted by Crippen LogP contribution is -2.03. The molecule has 12 heavy (non-hydrogen) atoms. The molecule has 0 aromatic heterocycles. The second-order valence-electron chi connectivity index (χ2n) is 3.31. The Bertz CT molecular complexity index is 233. The third kappa shape index (κ3) is 2.33. The number of allylic oxidation sites excluding steroid dienone is 4. The molecule has 0 amide bonds. The predicted molar refractivity (Wildman–Crippen MR) is 51.0 cm³/mol. The van der Waals surface area contributed by atoms with E-state index in [4.69, 9.17) is 0 Å². The highest BCUT2D eigenvalue weighted by Crippen LogP contribution is 2.22. The molecule has 66 valence electrons. The second kappa shape index (κ2) is 4.24. The fourth-order valence-corrected chi connectivity index (χ4v) is 1.44. The first-order valence-corrected chi connectivity index (χ1v) is 4.64. The molecule has 0 aliphatic heterocycles. The van der Waals surface area contributed by atoms with Crippen LogP contribution in [0.25, 0.3) is 0 Å². The largest absolute Gasteiger partial charge is 0.295 e. The summed E-state index contributed by atoms with van der Waals surface area (Å²) in [5.41, 5.74) is 2.54. The third-order valence-corrected chi connectivity index (χ3v) is 2.20. The summed E-state index contributed by atoms with van der Waals surface area (Å²) in [5, 5.41) is 0. The van der Waals surface area contributed by atoms with Gasteiger partial charge in [-0.3, -0.25) is 4.79 Å². The van der Waals surface area contributed by atoms with Gasteiger partial charge in [0.1, 0.15) is 0 Å². The average Bonchev–Trinajstić information content (AvgIpc) is 2.03. The lowest BCUT2D eigenvalue weighted by Gasteiger charge is -2.12. The van der Waals surface area contributed by atoms with Crippen molar-refractivity contribution in [3.63, 3.8) is 0 Å². The van der Waals surface area contributed by atoms with Crippen LogP contribution in [-0.2, 0) is 4.79 Å². The van der Waals surface area contributed by atoms with E-state index in [9.17, 15) is 4.79 Å². The molecule has 1 nitrogen and oxygen atoms in total. The van der Waals surface area contributed by atoms with Gasteiger partial charge in [0.05, 0.1) is 0 Å². The zero-order chi connectivity index (χ0) is 8.97. The van der Waals surface area contributed by atoms with Gasteiger partial charge in [-0.05, 0) is 37.0 Å². The van der Waals surface area contributed by atoms with E-state index in [0.717, 1.165) is 12.8 Å². The fraction of sp³-hybridized carbons (Fsp3) is 0.545. The highest BCUT2D eigenvalue weighted by Gasteiger charge is 2.10. The Morgan fingerprint density at radius 3 is 2.83 bits per heavy atom. The number of hydrogen-bond acceptors (Lipinski definition) is 1. The summed E-state index contributed by atoms with van der Waals surface area (Å²) < 4.78 is 0. The Morgan fingerprint density at radius 1 is 1.50 bits per heavy atom. The Morgan fingerprint density at radius 2 is 2.25 bits per heavy atom. The van der Waals surface area contributed by atoms with Gasteiger partial charge < -0.3 is 0 Å². The molecule has 1 aliphatic carbocycles. The van der Waals surface area contributed by atoms with Gasteiger partial charge in [0.2, 0.25) is 0 Å². The van der Waals surface area contributed by atoms with Crippen molar-refractivity contribution >= 4 is 5.78 Å². The van der Waals surface area contributed by atoms with Gasteiger partial charge in [-0.15, -0.1) is 0 Å². The molecule has 1 heteroatoms. The van der Waals surface area contributed by atoms with Gasteiger partial charge >= 0.3 is 0 Å². The van der Waals surface area contributed by atoms with E-state index in [0.29, 0.717) is 6.42 Å². The summed E-state index contributed by atoms with van der Waals surface area (Å²) in [7, 11) is 0. The van der Waals surface area contributed by atoms with E-state index in [-0.39, 0.29) is 5.78 Å². The molecule has 0 heterocycles. The highest BCUT2D eigenvalue weighted by molar-refractivity contribution is 5.92. The molecule has 0 aromatic carbocycles. The van der Waals surface area contributed by atoms with Crippen LogP contribution in [-0.4, -0.2) is 5.78 Å². The van der Waals surface area contributed by atoms with Crippen molar-refractivity contribution in [3.05, 3.63) is 23.3 Å². The molecule has 0 radical (unpaired) electrons. The summed E-state index contributed by atoms with van der Waals surface area (Å²) in [5.74, 6) is 0.279. The lowest BCUT2D eigenvalue weighted by atomic mass is 9.93. The summed E-state index contributed by atoms with van der Waals surface area (Å²) in [6.07, 6.45) is 8.00. The number of carbonyl (C=O) groups is 1. The molecule has 0 atom stereocenters. The molecule has 0 saturated heterocycles. The van der Waals surface area contributed by atoms with E-state index < -0.39 is 0 Å². The maximum absolute atomic E-state index is 11.0. The standard InChI is InChI=1S/C11H16O/c1-3-4-5-10-6-7-11(12)8-9(10)2/h5,8H,3-4,6-7H2,1-2H3/b10-5+. The Hall–Kier alpha value is -0.850. The molecule has 0 N–H and O–H groups in total. The van der Waals surface area contributed by atoms with Crippen LogP contribution in [0.3, 0.4) is 0 Å². The smallest absolute Gasteiger partial charge is 0.156 e. The number of unbranched alkanes of at least 4 members (excludes halogenated alkanes) is 1. The minimum Gasteiger partial charge on any atom is -0.295 e. The van der Waals surface area contributed by atoms with Gasteiger partial charge in [0, 0.05) is 6.42 Å². The molecule has 1 rings (SSSR count). The van der Waals surface area contributed by atoms with Crippen molar-refractivity contribution in [3.8, 4) is 0 Å². The summed E-state index contributed by atoms with van der Waals surface area (Å²) >= 11 is 0. The quantitative estimate of drug-likeness (QED) is 0.613. The summed E-state index contributed by atoms with van der Waals surface area (Å²) in [6.45, 7) is 4.20. The zero-order valence-corrected chi connectivity index (χ0v) is 7.89. The molecular formula is C11H16O. The topological polar surface area (TPSA) is 17.1 Å². The Kier molecular flexibility index (Phi) is 3.27. The van der Waals surface area contributed by atoms with Crippen LogP contribution in [0, 0.1) is 0 Å². The van der Waals surface area contributed by atoms with Crippen LogP contribution in [0.15, 0.2) is 23.3 Å². The van der Waals surface area contributed by atoms with Crippen LogP contribution in [0.1, 0.15) is 39.5 Å². The number of ketones is 1. The van der Waals surface area contributed by atoms with Crippen molar-refractivity contribution in [1.82, 2.24) is 0 Å². The van der Waals surface area contributed by atoms with Gasteiger partial charge in [-0.2, -0.15) is 0 Å². The molecule has 0 unspecified atom stereocenters. The summed E-state index contributed by atoms with van der Waals surface area (Å²) in [6, 6.07) is 0. The highest BCUT2D eigenvalue weighted by atomic mass is 16.1. The van der Waals surface area contributed by atoms with Gasteiger partial charge in [0.25, 0.3) is 0 Å². The van der Waals surface area contributed by atoms with E-state index in [1.807, 2.05) is 6.92 Å². The SMILES string of the molecule is CCC/C=C1\CCC(=O)C=C1C. The Balaban J connectivity index is 2.68. The summed E-state index contributed by atoms with van der Waals surface area (Å²) in [4.78, 5) is 11.0. The van der Waals surface area contributed by atoms with Crippen LogP contribution in [0.4, 0.5) is 0 Å². The fourth-order valence-electron chi connectivity index (χ4n) is 1.44. The van der Waals surface area contributed by atoms with Crippen molar-refractivity contribution in [1.29, 1.82) is 0 Å². The number of hydrogen-bond donors (Lipinski definition) is 0. The maximum Gasteiger partial charge on any atom is 0.156 e. The third-order valence-electron chi connectivity index (χ3n) is 2.20.